The van der Waals surface area contributed by atoms with Crippen molar-refractivity contribution in [3.8, 4) is 0 Å². The molecule has 1 aromatic rings. The number of nitrogens with one attached hydrogen (secondary N) is 1. The molecule has 0 saturated heterocycles. The highest BCUT2D eigenvalue weighted by molar-refractivity contribution is 7.90. The highest BCUT2D eigenvalue weighted by atomic mass is 32.2. The van der Waals surface area contributed by atoms with Crippen LogP contribution in [0.4, 0.5) is 0 Å². The van der Waals surface area contributed by atoms with Gasteiger partial charge >= 0.3 is 0 Å². The maximum atomic E-state index is 12.1. The van der Waals surface area contributed by atoms with Crippen LogP contribution in [0.5, 0.6) is 0 Å². The van der Waals surface area contributed by atoms with E-state index in [1.807, 2.05) is 37.3 Å². The zero-order valence-corrected chi connectivity index (χ0v) is 14.5. The molecule has 2 atom stereocenters. The van der Waals surface area contributed by atoms with Gasteiger partial charge in [-0.15, -0.1) is 0 Å². The average Bonchev–Trinajstić information content (AvgIpc) is 2.44. The van der Waals surface area contributed by atoms with Crippen molar-refractivity contribution in [2.24, 2.45) is 5.73 Å². The Kier molecular flexibility index (Phi) is 6.14. The number of carbonyl (C=O) groups excluding carboxylic acids is 1. The molecule has 1 rings (SSSR count). The molecular formula is C16H26N2O3S. The molecule has 5 nitrogen and oxygen atoms in total. The van der Waals surface area contributed by atoms with Crippen LogP contribution < -0.4 is 11.1 Å². The van der Waals surface area contributed by atoms with Gasteiger partial charge in [-0.2, -0.15) is 0 Å². The van der Waals surface area contributed by atoms with Crippen LogP contribution in [0.2, 0.25) is 0 Å². The van der Waals surface area contributed by atoms with Crippen LogP contribution in [0.3, 0.4) is 0 Å². The minimum Gasteiger partial charge on any atom is -0.351 e. The number of nitrogens with two attached hydrogens (primary N) is 1. The summed E-state index contributed by atoms with van der Waals surface area (Å²) >= 11 is 0. The summed E-state index contributed by atoms with van der Waals surface area (Å²) in [5.41, 5.74) is 6.64. The highest BCUT2D eigenvalue weighted by Crippen LogP contribution is 2.26. The predicted octanol–water partition coefficient (Wildman–Crippen LogP) is 1.23. The number of hydrogen-bond donors (Lipinski definition) is 2. The first-order valence-electron chi connectivity index (χ1n) is 7.33. The standard InChI is InChI=1S/C16H26N2O3S/c1-12(16(2,3)13-8-6-5-7-9-13)18-15(19)14(17)10-11-22(4,20)21/h5-9,12,14H,10-11,17H2,1-4H3,(H,18,19). The zero-order chi connectivity index (χ0) is 17.0. The molecule has 0 aromatic heterocycles. The van der Waals surface area contributed by atoms with Gasteiger partial charge in [-0.3, -0.25) is 4.79 Å². The fourth-order valence-corrected chi connectivity index (χ4v) is 2.77. The normalized spacial score (nSPS) is 15.1. The van der Waals surface area contributed by atoms with E-state index in [4.69, 9.17) is 5.73 Å². The Morgan fingerprint density at radius 1 is 1.27 bits per heavy atom. The summed E-state index contributed by atoms with van der Waals surface area (Å²) in [4.78, 5) is 12.1. The molecule has 0 bridgehead atoms. The van der Waals surface area contributed by atoms with E-state index in [2.05, 4.69) is 19.2 Å². The SMILES string of the molecule is CC(NC(=O)C(N)CCS(C)(=O)=O)C(C)(C)c1ccccc1. The van der Waals surface area contributed by atoms with Gasteiger partial charge in [0.05, 0.1) is 11.8 Å². The van der Waals surface area contributed by atoms with Crippen molar-refractivity contribution < 1.29 is 13.2 Å². The van der Waals surface area contributed by atoms with Gasteiger partial charge in [0.25, 0.3) is 0 Å². The van der Waals surface area contributed by atoms with E-state index in [0.29, 0.717) is 0 Å². The minimum absolute atomic E-state index is 0.0853. The van der Waals surface area contributed by atoms with E-state index in [1.165, 1.54) is 0 Å². The molecule has 0 fully saturated rings. The van der Waals surface area contributed by atoms with Gasteiger partial charge in [0, 0.05) is 17.7 Å². The second-order valence-electron chi connectivity index (χ2n) is 6.34. The Morgan fingerprint density at radius 2 is 1.82 bits per heavy atom. The first kappa shape index (κ1) is 18.6. The molecule has 0 radical (unpaired) electrons. The molecule has 1 amide bonds. The summed E-state index contributed by atoms with van der Waals surface area (Å²) in [6, 6.07) is 8.96. The Bertz CT molecular complexity index is 597. The predicted molar refractivity (Wildman–Crippen MR) is 89.4 cm³/mol. The molecule has 0 heterocycles. The fourth-order valence-electron chi connectivity index (χ4n) is 2.09. The summed E-state index contributed by atoms with van der Waals surface area (Å²) in [5.74, 6) is -0.405. The number of carbonyl (C=O) groups is 1. The van der Waals surface area contributed by atoms with Crippen LogP contribution in [0, 0.1) is 0 Å². The van der Waals surface area contributed by atoms with Gasteiger partial charge in [0.15, 0.2) is 0 Å². The van der Waals surface area contributed by atoms with Crippen LogP contribution in [0.15, 0.2) is 30.3 Å². The maximum absolute atomic E-state index is 12.1. The zero-order valence-electron chi connectivity index (χ0n) is 13.7. The maximum Gasteiger partial charge on any atom is 0.237 e. The molecule has 6 heteroatoms. The van der Waals surface area contributed by atoms with Crippen molar-refractivity contribution >= 4 is 15.7 Å². The van der Waals surface area contributed by atoms with Gasteiger partial charge in [0.1, 0.15) is 9.84 Å². The Labute approximate surface area is 133 Å². The summed E-state index contributed by atoms with van der Waals surface area (Å²) in [6.07, 6.45) is 1.27. The van der Waals surface area contributed by atoms with Gasteiger partial charge in [-0.05, 0) is 18.9 Å². The van der Waals surface area contributed by atoms with Gasteiger partial charge < -0.3 is 11.1 Å². The Morgan fingerprint density at radius 3 is 2.32 bits per heavy atom. The molecule has 0 aliphatic rings. The summed E-state index contributed by atoms with van der Waals surface area (Å²) in [6.45, 7) is 6.03. The number of hydrogen-bond acceptors (Lipinski definition) is 4. The first-order valence-corrected chi connectivity index (χ1v) is 9.39. The molecular weight excluding hydrogens is 300 g/mol. The minimum atomic E-state index is -3.11. The molecule has 1 aromatic carbocycles. The van der Waals surface area contributed by atoms with Crippen molar-refractivity contribution in [1.82, 2.24) is 5.32 Å². The van der Waals surface area contributed by atoms with E-state index >= 15 is 0 Å². The average molecular weight is 326 g/mol. The molecule has 22 heavy (non-hydrogen) atoms. The van der Waals surface area contributed by atoms with Crippen molar-refractivity contribution in [2.75, 3.05) is 12.0 Å². The molecule has 2 unspecified atom stereocenters. The number of sulfone groups is 1. The fraction of sp³-hybridized carbons (Fsp3) is 0.562. The van der Waals surface area contributed by atoms with E-state index in [1.54, 1.807) is 0 Å². The molecule has 0 spiro atoms. The second-order valence-corrected chi connectivity index (χ2v) is 8.60. The monoisotopic (exact) mass is 326 g/mol. The summed E-state index contributed by atoms with van der Waals surface area (Å²) in [5, 5.41) is 2.90. The van der Waals surface area contributed by atoms with Gasteiger partial charge in [-0.1, -0.05) is 44.2 Å². The largest absolute Gasteiger partial charge is 0.351 e. The van der Waals surface area contributed by atoms with Crippen molar-refractivity contribution in [3.05, 3.63) is 35.9 Å². The number of benzene rings is 1. The van der Waals surface area contributed by atoms with E-state index < -0.39 is 15.9 Å². The van der Waals surface area contributed by atoms with Crippen molar-refractivity contribution in [2.45, 2.75) is 44.7 Å². The third kappa shape index (κ3) is 5.42. The lowest BCUT2D eigenvalue weighted by molar-refractivity contribution is -0.123. The van der Waals surface area contributed by atoms with E-state index in [0.717, 1.165) is 11.8 Å². The smallest absolute Gasteiger partial charge is 0.237 e. The third-order valence-electron chi connectivity index (χ3n) is 4.10. The number of rotatable bonds is 7. The topological polar surface area (TPSA) is 89.3 Å². The van der Waals surface area contributed by atoms with E-state index in [9.17, 15) is 13.2 Å². The number of amides is 1. The van der Waals surface area contributed by atoms with E-state index in [-0.39, 0.29) is 29.5 Å². The van der Waals surface area contributed by atoms with Crippen LogP contribution in [-0.2, 0) is 20.0 Å². The molecule has 3 N–H and O–H groups in total. The lowest BCUT2D eigenvalue weighted by Gasteiger charge is -2.33. The van der Waals surface area contributed by atoms with Crippen LogP contribution >= 0.6 is 0 Å². The Hall–Kier alpha value is -1.40. The lowest BCUT2D eigenvalue weighted by Crippen LogP contribution is -2.51. The Balaban J connectivity index is 2.67. The summed E-state index contributed by atoms with van der Waals surface area (Å²) in [7, 11) is -3.11. The molecule has 0 aliphatic carbocycles. The first-order chi connectivity index (χ1) is 10.0. The third-order valence-corrected chi connectivity index (χ3v) is 5.07. The lowest BCUT2D eigenvalue weighted by atomic mass is 9.78. The van der Waals surface area contributed by atoms with Crippen LogP contribution in [-0.4, -0.2) is 38.4 Å². The van der Waals surface area contributed by atoms with Crippen LogP contribution in [0.25, 0.3) is 0 Å². The summed E-state index contributed by atoms with van der Waals surface area (Å²) < 4.78 is 22.3. The second kappa shape index (κ2) is 7.24. The molecule has 0 saturated carbocycles. The van der Waals surface area contributed by atoms with Crippen LogP contribution in [0.1, 0.15) is 32.8 Å². The molecule has 124 valence electrons. The van der Waals surface area contributed by atoms with Crippen molar-refractivity contribution in [1.29, 1.82) is 0 Å². The van der Waals surface area contributed by atoms with Gasteiger partial charge in [0.2, 0.25) is 5.91 Å². The van der Waals surface area contributed by atoms with Gasteiger partial charge in [-0.25, -0.2) is 8.42 Å². The quantitative estimate of drug-likeness (QED) is 0.789. The molecule has 0 aliphatic heterocycles. The highest BCUT2D eigenvalue weighted by Gasteiger charge is 2.30. The van der Waals surface area contributed by atoms with Crippen molar-refractivity contribution in [3.63, 3.8) is 0 Å².